The van der Waals surface area contributed by atoms with Gasteiger partial charge in [-0.05, 0) is 37.7 Å². The Hall–Kier alpha value is -1.84. The predicted octanol–water partition coefficient (Wildman–Crippen LogP) is 2.42. The number of rotatable bonds is 7. The summed E-state index contributed by atoms with van der Waals surface area (Å²) in [4.78, 5) is 23.7. The molecule has 1 aromatic carbocycles. The molecule has 22 heavy (non-hydrogen) atoms. The normalized spacial score (nSPS) is 21.3. The molecule has 2 atom stereocenters. The van der Waals surface area contributed by atoms with E-state index in [0.29, 0.717) is 6.54 Å². The molecule has 0 aromatic heterocycles. The first-order valence-corrected chi connectivity index (χ1v) is 8.29. The monoisotopic (exact) mass is 302 g/mol. The molecule has 0 heterocycles. The fourth-order valence-electron chi connectivity index (χ4n) is 3.23. The van der Waals surface area contributed by atoms with Gasteiger partial charge in [-0.3, -0.25) is 9.59 Å². The molecule has 1 aliphatic rings. The molecule has 0 saturated heterocycles. The molecule has 0 spiro atoms. The summed E-state index contributed by atoms with van der Waals surface area (Å²) in [6.45, 7) is 0.674. The summed E-state index contributed by atoms with van der Waals surface area (Å²) in [7, 11) is 0. The molecule has 1 aliphatic carbocycles. The van der Waals surface area contributed by atoms with Gasteiger partial charge in [0.15, 0.2) is 0 Å². The number of hydrogen-bond donors (Lipinski definition) is 2. The van der Waals surface area contributed by atoms with Crippen LogP contribution in [0.1, 0.15) is 44.1 Å². The van der Waals surface area contributed by atoms with E-state index in [1.54, 1.807) is 0 Å². The lowest BCUT2D eigenvalue weighted by atomic mass is 9.78. The lowest BCUT2D eigenvalue weighted by Crippen LogP contribution is -2.42. The fraction of sp³-hybridized carbons (Fsp3) is 0.556. The van der Waals surface area contributed by atoms with Gasteiger partial charge in [0, 0.05) is 18.4 Å². The highest BCUT2D eigenvalue weighted by atomic mass is 16.2. The first-order chi connectivity index (χ1) is 10.7. The summed E-state index contributed by atoms with van der Waals surface area (Å²) in [5.74, 6) is -0.828. The van der Waals surface area contributed by atoms with Crippen LogP contribution in [0.5, 0.6) is 0 Å². The third-order valence-electron chi connectivity index (χ3n) is 4.50. The van der Waals surface area contributed by atoms with Crippen molar-refractivity contribution in [3.05, 3.63) is 35.9 Å². The second-order valence-electron chi connectivity index (χ2n) is 6.13. The summed E-state index contributed by atoms with van der Waals surface area (Å²) < 4.78 is 0. The van der Waals surface area contributed by atoms with Gasteiger partial charge in [-0.1, -0.05) is 43.2 Å². The van der Waals surface area contributed by atoms with Gasteiger partial charge in [-0.25, -0.2) is 0 Å². The van der Waals surface area contributed by atoms with Gasteiger partial charge in [-0.2, -0.15) is 0 Å². The summed E-state index contributed by atoms with van der Waals surface area (Å²) >= 11 is 0. The lowest BCUT2D eigenvalue weighted by Gasteiger charge is -2.28. The average molecular weight is 302 g/mol. The van der Waals surface area contributed by atoms with Crippen LogP contribution in [0.15, 0.2) is 30.3 Å². The molecule has 0 bridgehead atoms. The highest BCUT2D eigenvalue weighted by molar-refractivity contribution is 5.87. The summed E-state index contributed by atoms with van der Waals surface area (Å²) in [6, 6.07) is 10.4. The van der Waals surface area contributed by atoms with Crippen molar-refractivity contribution >= 4 is 11.8 Å². The first-order valence-electron chi connectivity index (χ1n) is 8.29. The van der Waals surface area contributed by atoms with Crippen molar-refractivity contribution in [1.82, 2.24) is 5.32 Å². The maximum Gasteiger partial charge on any atom is 0.223 e. The van der Waals surface area contributed by atoms with Gasteiger partial charge in [0.2, 0.25) is 11.8 Å². The molecule has 2 rings (SSSR count). The highest BCUT2D eigenvalue weighted by Gasteiger charge is 2.34. The van der Waals surface area contributed by atoms with E-state index in [-0.39, 0.29) is 23.7 Å². The number of nitrogens with two attached hydrogens (primary N) is 1. The van der Waals surface area contributed by atoms with Crippen molar-refractivity contribution in [3.63, 3.8) is 0 Å². The number of unbranched alkanes of at least 4 members (excludes halogenated alkanes) is 1. The van der Waals surface area contributed by atoms with E-state index in [4.69, 9.17) is 5.73 Å². The van der Waals surface area contributed by atoms with Crippen LogP contribution in [-0.4, -0.2) is 18.4 Å². The maximum atomic E-state index is 12.2. The van der Waals surface area contributed by atoms with E-state index in [1.807, 2.05) is 18.2 Å². The SMILES string of the molecule is NC(=O)[C@H]1CCCC[C@H]1C(=O)NCCCCc1ccccc1. The number of hydrogen-bond acceptors (Lipinski definition) is 2. The third kappa shape index (κ3) is 4.86. The zero-order chi connectivity index (χ0) is 15.8. The molecule has 4 heteroatoms. The Balaban J connectivity index is 1.67. The van der Waals surface area contributed by atoms with Gasteiger partial charge in [-0.15, -0.1) is 0 Å². The number of carbonyl (C=O) groups is 2. The Kier molecular flexibility index (Phi) is 6.44. The first kappa shape index (κ1) is 16.5. The molecule has 0 aliphatic heterocycles. The second-order valence-corrected chi connectivity index (χ2v) is 6.13. The number of benzene rings is 1. The largest absolute Gasteiger partial charge is 0.369 e. The number of primary amides is 1. The summed E-state index contributed by atoms with van der Waals surface area (Å²) in [5.41, 5.74) is 6.75. The Morgan fingerprint density at radius 1 is 1.05 bits per heavy atom. The quantitative estimate of drug-likeness (QED) is 0.759. The molecule has 0 unspecified atom stereocenters. The van der Waals surface area contributed by atoms with E-state index in [0.717, 1.165) is 44.9 Å². The molecule has 4 nitrogen and oxygen atoms in total. The van der Waals surface area contributed by atoms with Gasteiger partial charge < -0.3 is 11.1 Å². The predicted molar refractivity (Wildman–Crippen MR) is 87.0 cm³/mol. The second kappa shape index (κ2) is 8.57. The van der Waals surface area contributed by atoms with Crippen molar-refractivity contribution in [2.75, 3.05) is 6.54 Å². The zero-order valence-electron chi connectivity index (χ0n) is 13.1. The van der Waals surface area contributed by atoms with Crippen LogP contribution in [0.4, 0.5) is 0 Å². The average Bonchev–Trinajstić information content (AvgIpc) is 2.55. The lowest BCUT2D eigenvalue weighted by molar-refractivity contribution is -0.134. The Bertz CT molecular complexity index is 487. The smallest absolute Gasteiger partial charge is 0.223 e. The molecule has 1 saturated carbocycles. The van der Waals surface area contributed by atoms with Gasteiger partial charge in [0.05, 0.1) is 0 Å². The molecule has 0 radical (unpaired) electrons. The third-order valence-corrected chi connectivity index (χ3v) is 4.50. The van der Waals surface area contributed by atoms with E-state index >= 15 is 0 Å². The van der Waals surface area contributed by atoms with Crippen LogP contribution in [0.25, 0.3) is 0 Å². The van der Waals surface area contributed by atoms with Crippen LogP contribution in [0, 0.1) is 11.8 Å². The molecular formula is C18H26N2O2. The van der Waals surface area contributed by atoms with Crippen LogP contribution >= 0.6 is 0 Å². The van der Waals surface area contributed by atoms with Crippen molar-refractivity contribution in [2.24, 2.45) is 17.6 Å². The minimum absolute atomic E-state index is 0.00297. The minimum Gasteiger partial charge on any atom is -0.369 e. The number of aryl methyl sites for hydroxylation is 1. The molecule has 2 amide bonds. The van der Waals surface area contributed by atoms with Crippen LogP contribution in [0.2, 0.25) is 0 Å². The van der Waals surface area contributed by atoms with Gasteiger partial charge in [0.1, 0.15) is 0 Å². The molecule has 1 aromatic rings. The molecule has 1 fully saturated rings. The van der Waals surface area contributed by atoms with Crippen molar-refractivity contribution < 1.29 is 9.59 Å². The summed E-state index contributed by atoms with van der Waals surface area (Å²) in [6.07, 6.45) is 6.57. The minimum atomic E-state index is -0.330. The Labute approximate surface area is 132 Å². The zero-order valence-corrected chi connectivity index (χ0v) is 13.1. The van der Waals surface area contributed by atoms with Crippen molar-refractivity contribution in [2.45, 2.75) is 44.9 Å². The maximum absolute atomic E-state index is 12.2. The number of nitrogens with one attached hydrogen (secondary N) is 1. The van der Waals surface area contributed by atoms with E-state index < -0.39 is 0 Å². The Morgan fingerprint density at radius 2 is 1.73 bits per heavy atom. The van der Waals surface area contributed by atoms with Gasteiger partial charge in [0.25, 0.3) is 0 Å². The topological polar surface area (TPSA) is 72.2 Å². The van der Waals surface area contributed by atoms with Crippen LogP contribution < -0.4 is 11.1 Å². The van der Waals surface area contributed by atoms with Crippen LogP contribution in [0.3, 0.4) is 0 Å². The number of carbonyl (C=O) groups excluding carboxylic acids is 2. The van der Waals surface area contributed by atoms with Crippen molar-refractivity contribution in [3.8, 4) is 0 Å². The van der Waals surface area contributed by atoms with E-state index in [1.165, 1.54) is 5.56 Å². The van der Waals surface area contributed by atoms with E-state index in [9.17, 15) is 9.59 Å². The van der Waals surface area contributed by atoms with Gasteiger partial charge >= 0.3 is 0 Å². The fourth-order valence-corrected chi connectivity index (χ4v) is 3.23. The Morgan fingerprint density at radius 3 is 2.41 bits per heavy atom. The van der Waals surface area contributed by atoms with E-state index in [2.05, 4.69) is 17.4 Å². The standard InChI is InChI=1S/C18H26N2O2/c19-17(21)15-11-4-5-12-16(15)18(22)20-13-7-6-10-14-8-2-1-3-9-14/h1-3,8-9,15-16H,4-7,10-13H2,(H2,19,21)(H,20,22)/t15-,16+/m0/s1. The van der Waals surface area contributed by atoms with Crippen molar-refractivity contribution in [1.29, 1.82) is 0 Å². The molecule has 3 N–H and O–H groups in total. The highest BCUT2D eigenvalue weighted by Crippen LogP contribution is 2.29. The number of amides is 2. The van der Waals surface area contributed by atoms with Crippen LogP contribution in [-0.2, 0) is 16.0 Å². The summed E-state index contributed by atoms with van der Waals surface area (Å²) in [5, 5.41) is 2.98. The molecule has 120 valence electrons. The molecular weight excluding hydrogens is 276 g/mol.